The van der Waals surface area contributed by atoms with Crippen LogP contribution in [0.15, 0.2) is 42.5 Å². The molecule has 0 atom stereocenters. The Balaban J connectivity index is 1.69. The van der Waals surface area contributed by atoms with Gasteiger partial charge >= 0.3 is 0 Å². The Morgan fingerprint density at radius 2 is 2.00 bits per heavy atom. The molecule has 0 fully saturated rings. The third-order valence-electron chi connectivity index (χ3n) is 4.05. The molecular formula is C18H18FNO2. The van der Waals surface area contributed by atoms with E-state index in [0.29, 0.717) is 18.7 Å². The lowest BCUT2D eigenvalue weighted by atomic mass is 9.99. The number of benzene rings is 2. The van der Waals surface area contributed by atoms with E-state index in [1.807, 2.05) is 17.0 Å². The van der Waals surface area contributed by atoms with Gasteiger partial charge in [0, 0.05) is 13.1 Å². The van der Waals surface area contributed by atoms with Gasteiger partial charge in [-0.15, -0.1) is 0 Å². The molecular weight excluding hydrogens is 281 g/mol. The standard InChI is InChI=1S/C18H18FNO2/c1-22-17-7-6-13(10-16(17)19)11-18(21)20-9-8-14-4-2-3-5-15(14)12-20/h2-7,10H,8-9,11-12H2,1H3. The van der Waals surface area contributed by atoms with Crippen molar-refractivity contribution in [3.05, 3.63) is 65.0 Å². The molecule has 0 spiro atoms. The summed E-state index contributed by atoms with van der Waals surface area (Å²) in [5, 5.41) is 0. The van der Waals surface area contributed by atoms with Gasteiger partial charge in [0.1, 0.15) is 0 Å². The summed E-state index contributed by atoms with van der Waals surface area (Å²) in [6.45, 7) is 1.35. The Kier molecular flexibility index (Phi) is 4.09. The minimum Gasteiger partial charge on any atom is -0.494 e. The van der Waals surface area contributed by atoms with E-state index < -0.39 is 5.82 Å². The monoisotopic (exact) mass is 299 g/mol. The van der Waals surface area contributed by atoms with E-state index in [2.05, 4.69) is 12.1 Å². The number of nitrogens with zero attached hydrogens (tertiary/aromatic N) is 1. The van der Waals surface area contributed by atoms with Gasteiger partial charge in [-0.05, 0) is 35.2 Å². The highest BCUT2D eigenvalue weighted by Crippen LogP contribution is 2.21. The van der Waals surface area contributed by atoms with E-state index in [9.17, 15) is 9.18 Å². The average molecular weight is 299 g/mol. The van der Waals surface area contributed by atoms with Crippen LogP contribution in [0.4, 0.5) is 4.39 Å². The van der Waals surface area contributed by atoms with Crippen molar-refractivity contribution < 1.29 is 13.9 Å². The fourth-order valence-electron chi connectivity index (χ4n) is 2.81. The second kappa shape index (κ2) is 6.18. The maximum atomic E-state index is 13.7. The van der Waals surface area contributed by atoms with Crippen LogP contribution in [0.3, 0.4) is 0 Å². The van der Waals surface area contributed by atoms with Gasteiger partial charge in [-0.2, -0.15) is 0 Å². The van der Waals surface area contributed by atoms with E-state index >= 15 is 0 Å². The molecule has 0 aliphatic carbocycles. The van der Waals surface area contributed by atoms with E-state index in [1.54, 1.807) is 12.1 Å². The van der Waals surface area contributed by atoms with Crippen LogP contribution < -0.4 is 4.74 Å². The first-order chi connectivity index (χ1) is 10.7. The van der Waals surface area contributed by atoms with Gasteiger partial charge in [-0.3, -0.25) is 4.79 Å². The highest BCUT2D eigenvalue weighted by molar-refractivity contribution is 5.79. The van der Waals surface area contributed by atoms with Gasteiger partial charge in [0.2, 0.25) is 5.91 Å². The van der Waals surface area contributed by atoms with Crippen LogP contribution in [0, 0.1) is 5.82 Å². The second-order valence-electron chi connectivity index (χ2n) is 5.48. The molecule has 3 rings (SSSR count). The topological polar surface area (TPSA) is 29.5 Å². The first kappa shape index (κ1) is 14.6. The van der Waals surface area contributed by atoms with E-state index in [1.165, 1.54) is 24.3 Å². The van der Waals surface area contributed by atoms with Gasteiger partial charge in [0.05, 0.1) is 13.5 Å². The molecule has 22 heavy (non-hydrogen) atoms. The van der Waals surface area contributed by atoms with Crippen LogP contribution in [-0.4, -0.2) is 24.5 Å². The van der Waals surface area contributed by atoms with Crippen molar-refractivity contribution in [1.29, 1.82) is 0 Å². The SMILES string of the molecule is COc1ccc(CC(=O)N2CCc3ccccc3C2)cc1F. The van der Waals surface area contributed by atoms with Gasteiger partial charge in [0.15, 0.2) is 11.6 Å². The number of fused-ring (bicyclic) bond motifs is 1. The molecule has 0 aromatic heterocycles. The Hall–Kier alpha value is -2.36. The van der Waals surface area contributed by atoms with Gasteiger partial charge in [0.25, 0.3) is 0 Å². The molecule has 2 aromatic carbocycles. The molecule has 114 valence electrons. The van der Waals surface area contributed by atoms with Crippen LogP contribution in [-0.2, 0) is 24.2 Å². The average Bonchev–Trinajstić information content (AvgIpc) is 2.54. The molecule has 1 amide bonds. The maximum absolute atomic E-state index is 13.7. The predicted molar refractivity (Wildman–Crippen MR) is 82.2 cm³/mol. The van der Waals surface area contributed by atoms with Crippen molar-refractivity contribution in [2.75, 3.05) is 13.7 Å². The molecule has 4 heteroatoms. The summed E-state index contributed by atoms with van der Waals surface area (Å²) in [5.74, 6) is -0.209. The highest BCUT2D eigenvalue weighted by atomic mass is 19.1. The van der Waals surface area contributed by atoms with Crippen molar-refractivity contribution in [3.63, 3.8) is 0 Å². The zero-order chi connectivity index (χ0) is 15.5. The van der Waals surface area contributed by atoms with E-state index in [0.717, 1.165) is 6.42 Å². The number of halogens is 1. The predicted octanol–water partition coefficient (Wildman–Crippen LogP) is 2.96. The molecule has 3 nitrogen and oxygen atoms in total. The summed E-state index contributed by atoms with van der Waals surface area (Å²) in [7, 11) is 1.43. The summed E-state index contributed by atoms with van der Waals surface area (Å²) >= 11 is 0. The minimum atomic E-state index is -0.434. The normalized spacial score (nSPS) is 13.6. The second-order valence-corrected chi connectivity index (χ2v) is 5.48. The quantitative estimate of drug-likeness (QED) is 0.872. The van der Waals surface area contributed by atoms with Crippen LogP contribution >= 0.6 is 0 Å². The molecule has 0 N–H and O–H groups in total. The minimum absolute atomic E-state index is 0.0269. The molecule has 0 saturated heterocycles. The summed E-state index contributed by atoms with van der Waals surface area (Å²) in [4.78, 5) is 14.3. The smallest absolute Gasteiger partial charge is 0.227 e. The fourth-order valence-corrected chi connectivity index (χ4v) is 2.81. The summed E-state index contributed by atoms with van der Waals surface area (Å²) < 4.78 is 18.6. The van der Waals surface area contributed by atoms with Crippen LogP contribution in [0.2, 0.25) is 0 Å². The number of carbonyl (C=O) groups excluding carboxylic acids is 1. The number of ether oxygens (including phenoxy) is 1. The van der Waals surface area contributed by atoms with Crippen molar-refractivity contribution >= 4 is 5.91 Å². The number of rotatable bonds is 3. The summed E-state index contributed by atoms with van der Waals surface area (Å²) in [5.41, 5.74) is 3.17. The summed E-state index contributed by atoms with van der Waals surface area (Å²) in [6, 6.07) is 12.8. The highest BCUT2D eigenvalue weighted by Gasteiger charge is 2.20. The Morgan fingerprint density at radius 3 is 2.73 bits per heavy atom. The van der Waals surface area contributed by atoms with Gasteiger partial charge < -0.3 is 9.64 Å². The van der Waals surface area contributed by atoms with Gasteiger partial charge in [-0.1, -0.05) is 30.3 Å². The molecule has 0 radical (unpaired) electrons. The van der Waals surface area contributed by atoms with Crippen molar-refractivity contribution in [2.24, 2.45) is 0 Å². The first-order valence-corrected chi connectivity index (χ1v) is 7.34. The molecule has 1 heterocycles. The molecule has 0 unspecified atom stereocenters. The van der Waals surface area contributed by atoms with E-state index in [-0.39, 0.29) is 18.1 Å². The Bertz CT molecular complexity index is 699. The Labute approximate surface area is 129 Å². The largest absolute Gasteiger partial charge is 0.494 e. The van der Waals surface area contributed by atoms with Gasteiger partial charge in [-0.25, -0.2) is 4.39 Å². The van der Waals surface area contributed by atoms with Crippen molar-refractivity contribution in [3.8, 4) is 5.75 Å². The third-order valence-corrected chi connectivity index (χ3v) is 4.05. The Morgan fingerprint density at radius 1 is 1.23 bits per heavy atom. The van der Waals surface area contributed by atoms with Crippen LogP contribution in [0.5, 0.6) is 5.75 Å². The maximum Gasteiger partial charge on any atom is 0.227 e. The first-order valence-electron chi connectivity index (χ1n) is 7.34. The lowest BCUT2D eigenvalue weighted by Gasteiger charge is -2.29. The van der Waals surface area contributed by atoms with E-state index in [4.69, 9.17) is 4.74 Å². The molecule has 1 aliphatic heterocycles. The zero-order valence-electron chi connectivity index (χ0n) is 12.5. The number of methoxy groups -OCH3 is 1. The summed E-state index contributed by atoms with van der Waals surface area (Å²) in [6.07, 6.45) is 1.09. The van der Waals surface area contributed by atoms with Crippen molar-refractivity contribution in [1.82, 2.24) is 4.90 Å². The molecule has 0 saturated carbocycles. The van der Waals surface area contributed by atoms with Crippen LogP contribution in [0.25, 0.3) is 0 Å². The number of carbonyl (C=O) groups is 1. The third kappa shape index (κ3) is 2.96. The number of amides is 1. The zero-order valence-corrected chi connectivity index (χ0v) is 12.5. The number of hydrogen-bond acceptors (Lipinski definition) is 2. The van der Waals surface area contributed by atoms with Crippen LogP contribution in [0.1, 0.15) is 16.7 Å². The van der Waals surface area contributed by atoms with Crippen molar-refractivity contribution in [2.45, 2.75) is 19.4 Å². The molecule has 2 aromatic rings. The fraction of sp³-hybridized carbons (Fsp3) is 0.278. The number of hydrogen-bond donors (Lipinski definition) is 0. The lowest BCUT2D eigenvalue weighted by Crippen LogP contribution is -2.36. The lowest BCUT2D eigenvalue weighted by molar-refractivity contribution is -0.131. The molecule has 0 bridgehead atoms. The molecule has 1 aliphatic rings.